The molecule has 0 aliphatic carbocycles. The predicted octanol–water partition coefficient (Wildman–Crippen LogP) is 3.81. The van der Waals surface area contributed by atoms with Gasteiger partial charge in [0.1, 0.15) is 5.52 Å². The van der Waals surface area contributed by atoms with Gasteiger partial charge < -0.3 is 0 Å². The van der Waals surface area contributed by atoms with Crippen LogP contribution >= 0.6 is 34.5 Å². The van der Waals surface area contributed by atoms with E-state index in [-0.39, 0.29) is 18.2 Å². The summed E-state index contributed by atoms with van der Waals surface area (Å²) in [5.74, 6) is 0.162. The van der Waals surface area contributed by atoms with Crippen molar-refractivity contribution in [3.63, 3.8) is 0 Å². The highest BCUT2D eigenvalue weighted by molar-refractivity contribution is 7.19. The number of carbonyl (C=O) groups is 1. The molecule has 6 heteroatoms. The predicted molar refractivity (Wildman–Crippen MR) is 79.8 cm³/mol. The number of hydrogen-bond acceptors (Lipinski definition) is 4. The van der Waals surface area contributed by atoms with E-state index in [0.717, 1.165) is 15.2 Å². The first kappa shape index (κ1) is 13.0. The number of hydrogen-bond donors (Lipinski definition) is 0. The first-order valence-corrected chi connectivity index (χ1v) is 7.47. The summed E-state index contributed by atoms with van der Waals surface area (Å²) in [5, 5.41) is 2.15. The Kier molecular flexibility index (Phi) is 3.56. The van der Waals surface area contributed by atoms with Crippen LogP contribution in [0.5, 0.6) is 0 Å². The van der Waals surface area contributed by atoms with Crippen molar-refractivity contribution in [2.24, 2.45) is 10.9 Å². The standard InChI is InChI=1S/C13H10Cl2N2OS/c14-8-1-2-9(15)13-12(8)17-11(19-13)5-7-3-4-16-6-10(7)18/h1-2,4,7H,3,5-6H2. The third-order valence-electron chi connectivity index (χ3n) is 3.13. The quantitative estimate of drug-likeness (QED) is 0.846. The maximum absolute atomic E-state index is 11.8. The first-order chi connectivity index (χ1) is 9.15. The second-order valence-corrected chi connectivity index (χ2v) is 6.34. The Morgan fingerprint density at radius 1 is 1.32 bits per heavy atom. The van der Waals surface area contributed by atoms with Gasteiger partial charge in [-0.3, -0.25) is 9.79 Å². The van der Waals surface area contributed by atoms with Crippen molar-refractivity contribution in [3.8, 4) is 0 Å². The fourth-order valence-corrected chi connectivity index (χ4v) is 3.70. The highest BCUT2D eigenvalue weighted by Crippen LogP contribution is 2.35. The number of benzene rings is 1. The lowest BCUT2D eigenvalue weighted by Gasteiger charge is -2.13. The van der Waals surface area contributed by atoms with Crippen molar-refractivity contribution in [2.45, 2.75) is 12.8 Å². The van der Waals surface area contributed by atoms with E-state index in [0.29, 0.717) is 22.9 Å². The lowest BCUT2D eigenvalue weighted by molar-refractivity contribution is -0.121. The maximum Gasteiger partial charge on any atom is 0.158 e. The molecule has 1 unspecified atom stereocenters. The third kappa shape index (κ3) is 2.53. The SMILES string of the molecule is O=C1CN=CCC1Cc1nc2c(Cl)ccc(Cl)c2s1. The van der Waals surface area contributed by atoms with Crippen LogP contribution in [-0.4, -0.2) is 23.5 Å². The largest absolute Gasteiger partial charge is 0.297 e. The van der Waals surface area contributed by atoms with Crippen molar-refractivity contribution in [3.05, 3.63) is 27.2 Å². The highest BCUT2D eigenvalue weighted by Gasteiger charge is 2.22. The monoisotopic (exact) mass is 312 g/mol. The van der Waals surface area contributed by atoms with E-state index in [4.69, 9.17) is 23.2 Å². The molecular weight excluding hydrogens is 303 g/mol. The van der Waals surface area contributed by atoms with Crippen molar-refractivity contribution in [2.75, 3.05) is 6.54 Å². The van der Waals surface area contributed by atoms with Gasteiger partial charge in [-0.05, 0) is 24.8 Å². The summed E-state index contributed by atoms with van der Waals surface area (Å²) in [7, 11) is 0. The molecule has 0 radical (unpaired) electrons. The van der Waals surface area contributed by atoms with Crippen molar-refractivity contribution >= 4 is 56.8 Å². The Hall–Kier alpha value is -0.970. The zero-order valence-corrected chi connectivity index (χ0v) is 12.2. The van der Waals surface area contributed by atoms with Crippen LogP contribution in [0.1, 0.15) is 11.4 Å². The van der Waals surface area contributed by atoms with Crippen LogP contribution in [0, 0.1) is 5.92 Å². The molecule has 1 aromatic carbocycles. The van der Waals surface area contributed by atoms with Crippen LogP contribution in [-0.2, 0) is 11.2 Å². The molecule has 1 aromatic heterocycles. The second-order valence-electron chi connectivity index (χ2n) is 4.44. The van der Waals surface area contributed by atoms with Crippen LogP contribution in [0.3, 0.4) is 0 Å². The molecule has 1 aliphatic heterocycles. The highest BCUT2D eigenvalue weighted by atomic mass is 35.5. The minimum atomic E-state index is -0.0180. The molecule has 3 nitrogen and oxygen atoms in total. The Balaban J connectivity index is 1.94. The molecule has 2 heterocycles. The molecule has 3 rings (SSSR count). The van der Waals surface area contributed by atoms with E-state index in [9.17, 15) is 4.79 Å². The normalized spacial score (nSPS) is 19.3. The number of thiazole rings is 1. The Morgan fingerprint density at radius 2 is 2.11 bits per heavy atom. The second kappa shape index (κ2) is 5.19. The van der Waals surface area contributed by atoms with Gasteiger partial charge in [0.05, 0.1) is 26.3 Å². The van der Waals surface area contributed by atoms with Gasteiger partial charge in [0.15, 0.2) is 5.78 Å². The third-order valence-corrected chi connectivity index (χ3v) is 4.98. The number of aliphatic imine (C=N–C) groups is 1. The average Bonchev–Trinajstić information content (AvgIpc) is 2.82. The molecule has 0 fully saturated rings. The van der Waals surface area contributed by atoms with Crippen molar-refractivity contribution in [1.29, 1.82) is 0 Å². The number of aromatic nitrogens is 1. The number of carbonyl (C=O) groups excluding carboxylic acids is 1. The molecule has 0 N–H and O–H groups in total. The Labute approximate surface area is 124 Å². The molecule has 19 heavy (non-hydrogen) atoms. The van der Waals surface area contributed by atoms with Gasteiger partial charge in [-0.2, -0.15) is 0 Å². The van der Waals surface area contributed by atoms with Gasteiger partial charge in [0.2, 0.25) is 0 Å². The summed E-state index contributed by atoms with van der Waals surface area (Å²) in [6, 6.07) is 3.51. The van der Waals surface area contributed by atoms with Gasteiger partial charge in [-0.25, -0.2) is 4.98 Å². The van der Waals surface area contributed by atoms with E-state index in [1.54, 1.807) is 12.1 Å². The number of Topliss-reactive ketones (excluding diaryl/α,β-unsaturated/α-hetero) is 1. The maximum atomic E-state index is 11.8. The van der Waals surface area contributed by atoms with Crippen LogP contribution in [0.15, 0.2) is 17.1 Å². The zero-order chi connectivity index (χ0) is 13.4. The van der Waals surface area contributed by atoms with Gasteiger partial charge >= 0.3 is 0 Å². The van der Waals surface area contributed by atoms with Gasteiger partial charge in [0.25, 0.3) is 0 Å². The molecule has 0 spiro atoms. The number of ketones is 1. The average molecular weight is 313 g/mol. The van der Waals surface area contributed by atoms with Gasteiger partial charge in [-0.15, -0.1) is 11.3 Å². The smallest absolute Gasteiger partial charge is 0.158 e. The first-order valence-electron chi connectivity index (χ1n) is 5.89. The molecular formula is C13H10Cl2N2OS. The van der Waals surface area contributed by atoms with Gasteiger partial charge in [-0.1, -0.05) is 23.2 Å². The Bertz CT molecular complexity index is 642. The van der Waals surface area contributed by atoms with Crippen LogP contribution in [0.2, 0.25) is 10.0 Å². The fourth-order valence-electron chi connectivity index (χ4n) is 2.10. The topological polar surface area (TPSA) is 42.3 Å². The summed E-state index contributed by atoms with van der Waals surface area (Å²) in [6.45, 7) is 0.289. The molecule has 0 bridgehead atoms. The van der Waals surface area contributed by atoms with E-state index in [1.165, 1.54) is 11.3 Å². The van der Waals surface area contributed by atoms with Crippen molar-refractivity contribution in [1.82, 2.24) is 4.98 Å². The minimum absolute atomic E-state index is 0.0180. The summed E-state index contributed by atoms with van der Waals surface area (Å²) in [4.78, 5) is 20.3. The number of nitrogens with zero attached hydrogens (tertiary/aromatic N) is 2. The summed E-state index contributed by atoms with van der Waals surface area (Å²) in [6.07, 6.45) is 3.15. The summed E-state index contributed by atoms with van der Waals surface area (Å²) >= 11 is 13.8. The van der Waals surface area contributed by atoms with Crippen molar-refractivity contribution < 1.29 is 4.79 Å². The fraction of sp³-hybridized carbons (Fsp3) is 0.308. The molecule has 1 atom stereocenters. The van der Waals surface area contributed by atoms with Crippen LogP contribution < -0.4 is 0 Å². The van der Waals surface area contributed by atoms with Gasteiger partial charge in [0, 0.05) is 12.3 Å². The van der Waals surface area contributed by atoms with E-state index < -0.39 is 0 Å². The zero-order valence-electron chi connectivity index (χ0n) is 9.90. The molecule has 0 amide bonds. The molecule has 98 valence electrons. The summed E-state index contributed by atoms with van der Waals surface area (Å²) in [5.41, 5.74) is 0.728. The molecule has 2 aromatic rings. The lowest BCUT2D eigenvalue weighted by atomic mass is 9.95. The number of rotatable bonds is 2. The lowest BCUT2D eigenvalue weighted by Crippen LogP contribution is -2.23. The van der Waals surface area contributed by atoms with E-state index in [2.05, 4.69) is 9.98 Å². The van der Waals surface area contributed by atoms with Crippen LogP contribution in [0.25, 0.3) is 10.2 Å². The Morgan fingerprint density at radius 3 is 2.84 bits per heavy atom. The molecule has 1 aliphatic rings. The number of fused-ring (bicyclic) bond motifs is 1. The van der Waals surface area contributed by atoms with E-state index >= 15 is 0 Å². The minimum Gasteiger partial charge on any atom is -0.297 e. The van der Waals surface area contributed by atoms with E-state index in [1.807, 2.05) is 6.21 Å². The molecule has 0 saturated carbocycles. The molecule has 0 saturated heterocycles. The summed E-state index contributed by atoms with van der Waals surface area (Å²) < 4.78 is 0.890. The van der Waals surface area contributed by atoms with Crippen LogP contribution in [0.4, 0.5) is 0 Å². The number of halogens is 2.